The summed E-state index contributed by atoms with van der Waals surface area (Å²) in [5, 5.41) is 0. The van der Waals surface area contributed by atoms with E-state index in [0.717, 1.165) is 18.4 Å². The van der Waals surface area contributed by atoms with E-state index in [1.807, 2.05) is 60.7 Å². The van der Waals surface area contributed by atoms with Gasteiger partial charge in [-0.1, -0.05) is 54.6 Å². The number of hydrogen-bond donors (Lipinski definition) is 0. The highest BCUT2D eigenvalue weighted by atomic mass is 32.2. The van der Waals surface area contributed by atoms with Gasteiger partial charge in [0.2, 0.25) is 10.0 Å². The lowest BCUT2D eigenvalue weighted by Crippen LogP contribution is -2.34. The molecule has 0 atom stereocenters. The molecular weight excluding hydrogens is 452 g/mol. The zero-order valence-electron chi connectivity index (χ0n) is 18.7. The summed E-state index contributed by atoms with van der Waals surface area (Å²) >= 11 is 0. The van der Waals surface area contributed by atoms with Gasteiger partial charge in [0.25, 0.3) is 5.91 Å². The highest BCUT2D eigenvalue weighted by molar-refractivity contribution is 7.89. The van der Waals surface area contributed by atoms with E-state index in [-0.39, 0.29) is 16.4 Å². The fraction of sp³-hybridized carbons (Fsp3) is 0.231. The van der Waals surface area contributed by atoms with Crippen LogP contribution in [0.25, 0.3) is 0 Å². The summed E-state index contributed by atoms with van der Waals surface area (Å²) in [5.41, 5.74) is 1.71. The number of hydrogen-bond acceptors (Lipinski definition) is 5. The van der Waals surface area contributed by atoms with E-state index < -0.39 is 22.6 Å². The van der Waals surface area contributed by atoms with Gasteiger partial charge in [-0.25, -0.2) is 13.2 Å². The number of ether oxygens (including phenoxy) is 1. The molecule has 3 aromatic rings. The van der Waals surface area contributed by atoms with Gasteiger partial charge >= 0.3 is 5.97 Å². The van der Waals surface area contributed by atoms with Crippen molar-refractivity contribution in [2.45, 2.75) is 24.3 Å². The Morgan fingerprint density at radius 3 is 2.18 bits per heavy atom. The van der Waals surface area contributed by atoms with Crippen molar-refractivity contribution in [1.29, 1.82) is 0 Å². The molecule has 0 aliphatic carbocycles. The molecule has 176 valence electrons. The first-order valence-electron chi connectivity index (χ1n) is 11.1. The minimum atomic E-state index is -3.66. The van der Waals surface area contributed by atoms with Gasteiger partial charge in [0.15, 0.2) is 6.61 Å². The van der Waals surface area contributed by atoms with Gasteiger partial charge < -0.3 is 9.64 Å². The Morgan fingerprint density at radius 2 is 1.50 bits per heavy atom. The number of sulfonamides is 1. The van der Waals surface area contributed by atoms with Crippen LogP contribution in [0.3, 0.4) is 0 Å². The topological polar surface area (TPSA) is 84.0 Å². The summed E-state index contributed by atoms with van der Waals surface area (Å²) in [6.07, 6.45) is 1.65. The molecule has 3 aromatic carbocycles. The Bertz CT molecular complexity index is 1240. The van der Waals surface area contributed by atoms with Crippen molar-refractivity contribution in [3.05, 3.63) is 96.1 Å². The van der Waals surface area contributed by atoms with Crippen LogP contribution < -0.4 is 4.90 Å². The zero-order chi connectivity index (χ0) is 24.0. The molecule has 1 aliphatic heterocycles. The maximum Gasteiger partial charge on any atom is 0.338 e. The summed E-state index contributed by atoms with van der Waals surface area (Å²) in [5.74, 6) is -1.14. The number of nitrogens with zero attached hydrogens (tertiary/aromatic N) is 2. The third kappa shape index (κ3) is 5.52. The van der Waals surface area contributed by atoms with E-state index in [0.29, 0.717) is 25.3 Å². The second-order valence-corrected chi connectivity index (χ2v) is 9.95. The van der Waals surface area contributed by atoms with Crippen LogP contribution >= 0.6 is 0 Å². The molecule has 1 fully saturated rings. The van der Waals surface area contributed by atoms with Crippen molar-refractivity contribution in [3.8, 4) is 0 Å². The van der Waals surface area contributed by atoms with Crippen LogP contribution in [0.2, 0.25) is 0 Å². The molecule has 1 amide bonds. The van der Waals surface area contributed by atoms with Gasteiger partial charge in [0, 0.05) is 18.8 Å². The quantitative estimate of drug-likeness (QED) is 0.459. The minimum absolute atomic E-state index is 0.0465. The Kier molecular flexibility index (Phi) is 7.40. The normalized spacial score (nSPS) is 14.0. The van der Waals surface area contributed by atoms with Crippen molar-refractivity contribution in [2.24, 2.45) is 0 Å². The number of rotatable bonds is 8. The molecule has 1 aliphatic rings. The van der Waals surface area contributed by atoms with Crippen LogP contribution in [-0.2, 0) is 26.1 Å². The van der Waals surface area contributed by atoms with Gasteiger partial charge in [-0.2, -0.15) is 4.31 Å². The maximum absolute atomic E-state index is 13.0. The van der Waals surface area contributed by atoms with Crippen LogP contribution in [0.5, 0.6) is 0 Å². The molecule has 34 heavy (non-hydrogen) atoms. The van der Waals surface area contributed by atoms with E-state index in [4.69, 9.17) is 4.74 Å². The summed E-state index contributed by atoms with van der Waals surface area (Å²) in [6, 6.07) is 24.4. The predicted molar refractivity (Wildman–Crippen MR) is 129 cm³/mol. The summed E-state index contributed by atoms with van der Waals surface area (Å²) in [6.45, 7) is 0.805. The lowest BCUT2D eigenvalue weighted by molar-refractivity contribution is -0.121. The fourth-order valence-corrected chi connectivity index (χ4v) is 5.41. The van der Waals surface area contributed by atoms with Crippen molar-refractivity contribution in [3.63, 3.8) is 0 Å². The lowest BCUT2D eigenvalue weighted by Gasteiger charge is -2.23. The Morgan fingerprint density at radius 1 is 0.853 bits per heavy atom. The predicted octanol–water partition coefficient (Wildman–Crippen LogP) is 3.86. The maximum atomic E-state index is 13.0. The first-order valence-corrected chi connectivity index (χ1v) is 12.6. The Balaban J connectivity index is 1.46. The minimum Gasteiger partial charge on any atom is -0.452 e. The Labute approximate surface area is 199 Å². The van der Waals surface area contributed by atoms with E-state index >= 15 is 0 Å². The van der Waals surface area contributed by atoms with Crippen LogP contribution in [0.15, 0.2) is 89.8 Å². The summed E-state index contributed by atoms with van der Waals surface area (Å²) < 4.78 is 32.3. The number of benzene rings is 3. The summed E-state index contributed by atoms with van der Waals surface area (Å²) in [4.78, 5) is 27.3. The second-order valence-electron chi connectivity index (χ2n) is 8.02. The van der Waals surface area contributed by atoms with Crippen molar-refractivity contribution < 1.29 is 22.7 Å². The fourth-order valence-electron chi connectivity index (χ4n) is 3.85. The van der Waals surface area contributed by atoms with Crippen LogP contribution in [0.1, 0.15) is 28.8 Å². The Hall–Kier alpha value is -3.49. The highest BCUT2D eigenvalue weighted by Gasteiger charge is 2.28. The third-order valence-electron chi connectivity index (χ3n) is 5.65. The number of para-hydroxylation sites is 1. The van der Waals surface area contributed by atoms with Gasteiger partial charge in [-0.15, -0.1) is 0 Å². The number of carbonyl (C=O) groups is 2. The number of esters is 1. The van der Waals surface area contributed by atoms with Crippen LogP contribution in [0.4, 0.5) is 5.69 Å². The largest absolute Gasteiger partial charge is 0.452 e. The molecular formula is C26H26N2O5S. The molecule has 1 saturated heterocycles. The number of carbonyl (C=O) groups excluding carboxylic acids is 2. The molecule has 0 N–H and O–H groups in total. The lowest BCUT2D eigenvalue weighted by atomic mass is 10.2. The van der Waals surface area contributed by atoms with Gasteiger partial charge in [0.05, 0.1) is 17.0 Å². The third-order valence-corrected chi connectivity index (χ3v) is 7.55. The van der Waals surface area contributed by atoms with Crippen LogP contribution in [0, 0.1) is 0 Å². The molecule has 0 saturated carbocycles. The van der Waals surface area contributed by atoms with Crippen molar-refractivity contribution in [2.75, 3.05) is 24.6 Å². The average Bonchev–Trinajstić information content (AvgIpc) is 3.43. The molecule has 0 spiro atoms. The molecule has 8 heteroatoms. The van der Waals surface area contributed by atoms with E-state index in [1.165, 1.54) is 28.6 Å². The monoisotopic (exact) mass is 478 g/mol. The smallest absolute Gasteiger partial charge is 0.338 e. The SMILES string of the molecule is O=C(OCC(=O)N(Cc1ccccc1)c1ccccc1)c1cccc(S(=O)(=O)N2CCCC2)c1. The highest BCUT2D eigenvalue weighted by Crippen LogP contribution is 2.22. The standard InChI is InChI=1S/C26H26N2O5S/c29-25(28(23-13-5-2-6-14-23)19-21-10-3-1-4-11-21)20-33-26(30)22-12-9-15-24(18-22)34(31,32)27-16-7-8-17-27/h1-6,9-15,18H,7-8,16-17,19-20H2. The zero-order valence-corrected chi connectivity index (χ0v) is 19.5. The second kappa shape index (κ2) is 10.6. The van der Waals surface area contributed by atoms with E-state index in [1.54, 1.807) is 4.90 Å². The average molecular weight is 479 g/mol. The molecule has 7 nitrogen and oxygen atoms in total. The molecule has 0 aromatic heterocycles. The van der Waals surface area contributed by atoms with Crippen molar-refractivity contribution >= 4 is 27.6 Å². The molecule has 0 bridgehead atoms. The molecule has 1 heterocycles. The molecule has 0 unspecified atom stereocenters. The van der Waals surface area contributed by atoms with E-state index in [2.05, 4.69) is 0 Å². The van der Waals surface area contributed by atoms with Gasteiger partial charge in [0.1, 0.15) is 0 Å². The molecule has 0 radical (unpaired) electrons. The molecule has 4 rings (SSSR count). The van der Waals surface area contributed by atoms with Crippen LogP contribution in [-0.4, -0.2) is 44.3 Å². The number of amides is 1. The van der Waals surface area contributed by atoms with Crippen molar-refractivity contribution in [1.82, 2.24) is 4.31 Å². The number of anilines is 1. The first-order chi connectivity index (χ1) is 16.4. The van der Waals surface area contributed by atoms with Gasteiger partial charge in [-0.3, -0.25) is 4.79 Å². The first kappa shape index (κ1) is 23.7. The summed E-state index contributed by atoms with van der Waals surface area (Å²) in [7, 11) is -3.66. The van der Waals surface area contributed by atoms with E-state index in [9.17, 15) is 18.0 Å². The van der Waals surface area contributed by atoms with Gasteiger partial charge in [-0.05, 0) is 48.7 Å².